The second-order valence-corrected chi connectivity index (χ2v) is 12.7. The molecule has 0 unspecified atom stereocenters. The number of benzene rings is 3. The van der Waals surface area contributed by atoms with Gasteiger partial charge in [0, 0.05) is 19.5 Å². The van der Waals surface area contributed by atoms with Crippen molar-refractivity contribution in [2.75, 3.05) is 23.7 Å². The van der Waals surface area contributed by atoms with Crippen LogP contribution in [0.3, 0.4) is 0 Å². The fourth-order valence-corrected chi connectivity index (χ4v) is 5.22. The molecule has 0 aliphatic rings. The topological polar surface area (TPSA) is 86.8 Å². The predicted octanol–water partition coefficient (Wildman–Crippen LogP) is 4.67. The van der Waals surface area contributed by atoms with Crippen molar-refractivity contribution in [1.82, 2.24) is 10.2 Å². The molecule has 0 aromatic heterocycles. The number of carbonyl (C=O) groups is 2. The Balaban J connectivity index is 2.02. The highest BCUT2D eigenvalue weighted by atomic mass is 32.2. The van der Waals surface area contributed by atoms with Crippen molar-refractivity contribution in [3.63, 3.8) is 0 Å². The normalized spacial score (nSPS) is 12.4. The number of carbonyl (C=O) groups excluding carboxylic acids is 2. The Labute approximate surface area is 237 Å². The molecule has 0 aliphatic heterocycles. The molecule has 9 heteroatoms. The van der Waals surface area contributed by atoms with E-state index in [9.17, 15) is 22.4 Å². The second-order valence-electron chi connectivity index (χ2n) is 10.8. The van der Waals surface area contributed by atoms with Crippen LogP contribution in [0.5, 0.6) is 0 Å². The number of sulfonamides is 1. The summed E-state index contributed by atoms with van der Waals surface area (Å²) in [5.41, 5.74) is 2.69. The van der Waals surface area contributed by atoms with Crippen molar-refractivity contribution in [3.8, 4) is 0 Å². The van der Waals surface area contributed by atoms with Crippen LogP contribution in [0.1, 0.15) is 44.4 Å². The van der Waals surface area contributed by atoms with Crippen LogP contribution in [0, 0.1) is 5.82 Å². The minimum absolute atomic E-state index is 0.00564. The number of anilines is 1. The molecular formula is C31H38FN3O4S. The maximum absolute atomic E-state index is 14.0. The number of hydrogen-bond acceptors (Lipinski definition) is 4. The first-order valence-electron chi connectivity index (χ1n) is 13.2. The Morgan fingerprint density at radius 2 is 1.50 bits per heavy atom. The van der Waals surface area contributed by atoms with E-state index in [0.29, 0.717) is 17.8 Å². The lowest BCUT2D eigenvalue weighted by Crippen LogP contribution is -2.53. The van der Waals surface area contributed by atoms with E-state index in [0.717, 1.165) is 21.7 Å². The van der Waals surface area contributed by atoms with Crippen LogP contribution in [0.4, 0.5) is 10.1 Å². The summed E-state index contributed by atoms with van der Waals surface area (Å²) >= 11 is 0. The number of nitrogens with zero attached hydrogens (tertiary/aromatic N) is 2. The zero-order valence-corrected chi connectivity index (χ0v) is 24.5. The molecule has 0 heterocycles. The van der Waals surface area contributed by atoms with Gasteiger partial charge in [-0.2, -0.15) is 0 Å². The number of amides is 2. The van der Waals surface area contributed by atoms with Gasteiger partial charge >= 0.3 is 0 Å². The lowest BCUT2D eigenvalue weighted by Gasteiger charge is -2.33. The molecule has 3 aromatic rings. The van der Waals surface area contributed by atoms with Crippen molar-refractivity contribution in [3.05, 3.63) is 101 Å². The van der Waals surface area contributed by atoms with Gasteiger partial charge < -0.3 is 10.2 Å². The molecule has 0 spiro atoms. The number of likely N-dealkylation sites (N-methyl/N-ethyl adjacent to an activating group) is 1. The Bertz CT molecular complexity index is 1390. The molecule has 3 aromatic carbocycles. The van der Waals surface area contributed by atoms with Gasteiger partial charge in [0.2, 0.25) is 21.8 Å². The van der Waals surface area contributed by atoms with E-state index in [4.69, 9.17) is 0 Å². The van der Waals surface area contributed by atoms with Crippen LogP contribution >= 0.6 is 0 Å². The number of halogens is 1. The Morgan fingerprint density at radius 3 is 2.02 bits per heavy atom. The summed E-state index contributed by atoms with van der Waals surface area (Å²) in [7, 11) is -3.85. The molecule has 1 atom stereocenters. The van der Waals surface area contributed by atoms with Crippen LogP contribution in [0.2, 0.25) is 0 Å². The smallest absolute Gasteiger partial charge is 0.244 e. The third-order valence-electron chi connectivity index (χ3n) is 6.59. The average molecular weight is 568 g/mol. The molecule has 7 nitrogen and oxygen atoms in total. The van der Waals surface area contributed by atoms with Crippen LogP contribution in [0.25, 0.3) is 0 Å². The molecule has 0 bridgehead atoms. The van der Waals surface area contributed by atoms with Gasteiger partial charge in [0.15, 0.2) is 0 Å². The molecule has 0 aliphatic carbocycles. The van der Waals surface area contributed by atoms with Gasteiger partial charge in [-0.15, -0.1) is 0 Å². The van der Waals surface area contributed by atoms with E-state index in [1.165, 1.54) is 17.0 Å². The van der Waals surface area contributed by atoms with E-state index < -0.39 is 34.3 Å². The minimum Gasteiger partial charge on any atom is -0.355 e. The molecule has 0 radical (unpaired) electrons. The molecule has 2 amide bonds. The summed E-state index contributed by atoms with van der Waals surface area (Å²) in [6, 6.07) is 21.1. The Hall–Kier alpha value is -3.72. The lowest BCUT2D eigenvalue weighted by molar-refractivity contribution is -0.140. The van der Waals surface area contributed by atoms with E-state index in [1.807, 2.05) is 42.5 Å². The molecule has 0 saturated heterocycles. The summed E-state index contributed by atoms with van der Waals surface area (Å²) in [4.78, 5) is 28.7. The zero-order valence-electron chi connectivity index (χ0n) is 23.7. The highest BCUT2D eigenvalue weighted by Crippen LogP contribution is 2.26. The van der Waals surface area contributed by atoms with E-state index >= 15 is 0 Å². The van der Waals surface area contributed by atoms with Crippen molar-refractivity contribution in [1.29, 1.82) is 0 Å². The average Bonchev–Trinajstić information content (AvgIpc) is 2.90. The van der Waals surface area contributed by atoms with Crippen LogP contribution in [0.15, 0.2) is 78.9 Å². The first kappa shape index (κ1) is 30.8. The molecule has 0 fully saturated rings. The number of hydrogen-bond donors (Lipinski definition) is 1. The van der Waals surface area contributed by atoms with Gasteiger partial charge in [-0.05, 0) is 53.3 Å². The van der Waals surface area contributed by atoms with Gasteiger partial charge in [0.25, 0.3) is 0 Å². The first-order valence-corrected chi connectivity index (χ1v) is 15.1. The van der Waals surface area contributed by atoms with Crippen molar-refractivity contribution in [2.45, 2.75) is 52.1 Å². The third kappa shape index (κ3) is 8.39. The van der Waals surface area contributed by atoms with Crippen molar-refractivity contribution < 1.29 is 22.4 Å². The quantitative estimate of drug-likeness (QED) is 0.365. The van der Waals surface area contributed by atoms with Gasteiger partial charge in [-0.1, -0.05) is 75.4 Å². The number of rotatable bonds is 11. The summed E-state index contributed by atoms with van der Waals surface area (Å²) in [6.07, 6.45) is 1.27. The summed E-state index contributed by atoms with van der Waals surface area (Å²) in [6.45, 7) is 7.81. The van der Waals surface area contributed by atoms with Gasteiger partial charge in [0.05, 0.1) is 11.9 Å². The molecule has 40 heavy (non-hydrogen) atoms. The van der Waals surface area contributed by atoms with Crippen LogP contribution < -0.4 is 9.62 Å². The zero-order chi connectivity index (χ0) is 29.5. The van der Waals surface area contributed by atoms with E-state index in [2.05, 4.69) is 26.1 Å². The Kier molecular flexibility index (Phi) is 10.1. The summed E-state index contributed by atoms with van der Waals surface area (Å²) in [5.74, 6) is -1.34. The molecule has 214 valence electrons. The third-order valence-corrected chi connectivity index (χ3v) is 7.73. The largest absolute Gasteiger partial charge is 0.355 e. The molecule has 1 N–H and O–H groups in total. The highest BCUT2D eigenvalue weighted by molar-refractivity contribution is 7.92. The van der Waals surface area contributed by atoms with E-state index in [1.54, 1.807) is 31.2 Å². The van der Waals surface area contributed by atoms with Crippen LogP contribution in [-0.2, 0) is 38.0 Å². The maximum atomic E-state index is 14.0. The lowest BCUT2D eigenvalue weighted by atomic mass is 9.87. The predicted molar refractivity (Wildman–Crippen MR) is 157 cm³/mol. The maximum Gasteiger partial charge on any atom is 0.244 e. The second kappa shape index (κ2) is 13.1. The van der Waals surface area contributed by atoms with Gasteiger partial charge in [-0.25, -0.2) is 12.8 Å². The fraction of sp³-hybridized carbons (Fsp3) is 0.355. The Morgan fingerprint density at radius 1 is 0.900 bits per heavy atom. The summed E-state index contributed by atoms with van der Waals surface area (Å²) in [5, 5.41) is 2.81. The highest BCUT2D eigenvalue weighted by Gasteiger charge is 2.33. The molecular weight excluding hydrogens is 529 g/mol. The number of nitrogens with one attached hydrogen (secondary N) is 1. The van der Waals surface area contributed by atoms with Crippen molar-refractivity contribution >= 4 is 27.5 Å². The van der Waals surface area contributed by atoms with Crippen molar-refractivity contribution in [2.24, 2.45) is 0 Å². The van der Waals surface area contributed by atoms with Crippen LogP contribution in [-0.4, -0.2) is 50.5 Å². The van der Waals surface area contributed by atoms with Gasteiger partial charge in [0.1, 0.15) is 18.4 Å². The van der Waals surface area contributed by atoms with Gasteiger partial charge in [-0.3, -0.25) is 13.9 Å². The minimum atomic E-state index is -3.85. The monoisotopic (exact) mass is 567 g/mol. The SMILES string of the molecule is CCNC(=O)[C@@H](Cc1ccccc1)N(Cc1ccc(F)cc1)C(=O)CN(c1ccc(C(C)(C)C)cc1)S(C)(=O)=O. The standard InChI is InChI=1S/C31H38FN3O4S/c1-6-33-30(37)28(20-23-10-8-7-9-11-23)34(21-24-12-16-26(32)17-13-24)29(36)22-35(40(5,38)39)27-18-14-25(15-19-27)31(2,3)4/h7-19,28H,6,20-22H2,1-5H3,(H,33,37)/t28-/m1/s1. The fourth-order valence-electron chi connectivity index (χ4n) is 4.37. The molecule has 3 rings (SSSR count). The summed E-state index contributed by atoms with van der Waals surface area (Å²) < 4.78 is 40.5. The van der Waals surface area contributed by atoms with E-state index in [-0.39, 0.29) is 24.3 Å². The first-order chi connectivity index (χ1) is 18.8. The molecule has 0 saturated carbocycles.